The van der Waals surface area contributed by atoms with Gasteiger partial charge in [-0.2, -0.15) is 0 Å². The van der Waals surface area contributed by atoms with Crippen LogP contribution in [0.3, 0.4) is 0 Å². The van der Waals surface area contributed by atoms with Crippen molar-refractivity contribution in [1.29, 1.82) is 0 Å². The van der Waals surface area contributed by atoms with E-state index >= 15 is 0 Å². The maximum absolute atomic E-state index is 9.58. The molecule has 0 unspecified atom stereocenters. The molecule has 2 aliphatic heterocycles. The Morgan fingerprint density at radius 1 is 1.28 bits per heavy atom. The minimum absolute atomic E-state index is 0.0688. The van der Waals surface area contributed by atoms with E-state index in [1.165, 1.54) is 12.8 Å². The predicted octanol–water partition coefficient (Wildman–Crippen LogP) is 0.849. The molecule has 0 aliphatic carbocycles. The van der Waals surface area contributed by atoms with E-state index in [9.17, 15) is 5.11 Å². The van der Waals surface area contributed by atoms with Crippen LogP contribution < -0.4 is 5.32 Å². The van der Waals surface area contributed by atoms with Crippen LogP contribution in [0.25, 0.3) is 0 Å². The van der Waals surface area contributed by atoms with Gasteiger partial charge >= 0.3 is 0 Å². The highest BCUT2D eigenvalue weighted by atomic mass is 16.5. The smallest absolute Gasteiger partial charge is 0.0564 e. The molecular formula is C14H28N2O2. The van der Waals surface area contributed by atoms with Gasteiger partial charge in [-0.15, -0.1) is 0 Å². The molecule has 2 aliphatic rings. The summed E-state index contributed by atoms with van der Waals surface area (Å²) in [6.45, 7) is 9.39. The summed E-state index contributed by atoms with van der Waals surface area (Å²) >= 11 is 0. The third-order valence-corrected chi connectivity index (χ3v) is 4.42. The van der Waals surface area contributed by atoms with E-state index in [0.717, 1.165) is 58.8 Å². The predicted molar refractivity (Wildman–Crippen MR) is 72.7 cm³/mol. The SMILES string of the molecule is CCNCC1(CN2CCC(O)CC2)CCOCC1. The average molecular weight is 256 g/mol. The summed E-state index contributed by atoms with van der Waals surface area (Å²) in [6, 6.07) is 0. The van der Waals surface area contributed by atoms with Gasteiger partial charge < -0.3 is 20.1 Å². The first-order chi connectivity index (χ1) is 8.74. The fourth-order valence-corrected chi connectivity index (χ4v) is 3.14. The van der Waals surface area contributed by atoms with Gasteiger partial charge in [0.05, 0.1) is 6.10 Å². The number of ether oxygens (including phenoxy) is 1. The minimum Gasteiger partial charge on any atom is -0.393 e. The van der Waals surface area contributed by atoms with Crippen molar-refractivity contribution in [3.63, 3.8) is 0 Å². The van der Waals surface area contributed by atoms with Crippen LogP contribution in [-0.4, -0.2) is 62.0 Å². The Kier molecular flexibility index (Phi) is 5.42. The van der Waals surface area contributed by atoms with Crippen molar-refractivity contribution in [2.24, 2.45) is 5.41 Å². The first kappa shape index (κ1) is 14.3. The van der Waals surface area contributed by atoms with Crippen LogP contribution in [0.15, 0.2) is 0 Å². The maximum Gasteiger partial charge on any atom is 0.0564 e. The summed E-state index contributed by atoms with van der Waals surface area (Å²) in [5.74, 6) is 0. The van der Waals surface area contributed by atoms with Crippen LogP contribution in [0.1, 0.15) is 32.6 Å². The van der Waals surface area contributed by atoms with Crippen molar-refractivity contribution < 1.29 is 9.84 Å². The summed E-state index contributed by atoms with van der Waals surface area (Å²) in [7, 11) is 0. The van der Waals surface area contributed by atoms with Gasteiger partial charge in [0, 0.05) is 39.4 Å². The molecule has 0 spiro atoms. The van der Waals surface area contributed by atoms with Gasteiger partial charge in [0.15, 0.2) is 0 Å². The molecular weight excluding hydrogens is 228 g/mol. The van der Waals surface area contributed by atoms with Gasteiger partial charge in [-0.3, -0.25) is 0 Å². The lowest BCUT2D eigenvalue weighted by atomic mass is 9.79. The Morgan fingerprint density at radius 3 is 2.56 bits per heavy atom. The molecule has 0 amide bonds. The van der Waals surface area contributed by atoms with Crippen LogP contribution in [0.5, 0.6) is 0 Å². The van der Waals surface area contributed by atoms with E-state index in [1.807, 2.05) is 0 Å². The third kappa shape index (κ3) is 3.92. The largest absolute Gasteiger partial charge is 0.393 e. The quantitative estimate of drug-likeness (QED) is 0.765. The van der Waals surface area contributed by atoms with Crippen LogP contribution in [0, 0.1) is 5.41 Å². The number of hydrogen-bond donors (Lipinski definition) is 2. The first-order valence-corrected chi connectivity index (χ1v) is 7.43. The number of likely N-dealkylation sites (tertiary alicyclic amines) is 1. The number of aliphatic hydroxyl groups excluding tert-OH is 1. The number of aliphatic hydroxyl groups is 1. The highest BCUT2D eigenvalue weighted by Gasteiger charge is 2.34. The topological polar surface area (TPSA) is 44.7 Å². The molecule has 0 aromatic rings. The Hall–Kier alpha value is -0.160. The molecule has 0 bridgehead atoms. The summed E-state index contributed by atoms with van der Waals surface area (Å²) in [5.41, 5.74) is 0.385. The van der Waals surface area contributed by atoms with Gasteiger partial charge in [0.1, 0.15) is 0 Å². The molecule has 2 rings (SSSR count). The number of nitrogens with one attached hydrogen (secondary N) is 1. The number of rotatable bonds is 5. The molecule has 18 heavy (non-hydrogen) atoms. The molecule has 2 fully saturated rings. The zero-order valence-electron chi connectivity index (χ0n) is 11.7. The van der Waals surface area contributed by atoms with E-state index in [4.69, 9.17) is 4.74 Å². The van der Waals surface area contributed by atoms with Gasteiger partial charge in [-0.25, -0.2) is 0 Å². The molecule has 4 heteroatoms. The normalized spacial score (nSPS) is 26.3. The molecule has 0 aromatic carbocycles. The van der Waals surface area contributed by atoms with E-state index < -0.39 is 0 Å². The average Bonchev–Trinajstić information content (AvgIpc) is 2.40. The monoisotopic (exact) mass is 256 g/mol. The van der Waals surface area contributed by atoms with E-state index in [0.29, 0.717) is 5.41 Å². The molecule has 4 nitrogen and oxygen atoms in total. The number of nitrogens with zero attached hydrogens (tertiary/aromatic N) is 1. The van der Waals surface area contributed by atoms with Crippen LogP contribution >= 0.6 is 0 Å². The van der Waals surface area contributed by atoms with Crippen LogP contribution in [0.4, 0.5) is 0 Å². The second-order valence-electron chi connectivity index (χ2n) is 5.90. The van der Waals surface area contributed by atoms with Gasteiger partial charge in [0.2, 0.25) is 0 Å². The van der Waals surface area contributed by atoms with Crippen molar-refractivity contribution in [3.05, 3.63) is 0 Å². The molecule has 0 saturated carbocycles. The Morgan fingerprint density at radius 2 is 1.94 bits per heavy atom. The molecule has 0 radical (unpaired) electrons. The zero-order valence-corrected chi connectivity index (χ0v) is 11.7. The molecule has 2 saturated heterocycles. The van der Waals surface area contributed by atoms with Crippen LogP contribution in [0.2, 0.25) is 0 Å². The van der Waals surface area contributed by atoms with Gasteiger partial charge in [-0.05, 0) is 37.6 Å². The van der Waals surface area contributed by atoms with Crippen molar-refractivity contribution >= 4 is 0 Å². The fourth-order valence-electron chi connectivity index (χ4n) is 3.14. The Labute approximate surface area is 111 Å². The second kappa shape index (κ2) is 6.85. The van der Waals surface area contributed by atoms with Crippen molar-refractivity contribution in [3.8, 4) is 0 Å². The van der Waals surface area contributed by atoms with E-state index in [2.05, 4.69) is 17.1 Å². The fraction of sp³-hybridized carbons (Fsp3) is 1.00. The lowest BCUT2D eigenvalue weighted by molar-refractivity contribution is -0.0153. The molecule has 2 N–H and O–H groups in total. The maximum atomic E-state index is 9.58. The lowest BCUT2D eigenvalue weighted by Crippen LogP contribution is -2.49. The highest BCUT2D eigenvalue weighted by molar-refractivity contribution is 4.88. The Bertz CT molecular complexity index is 234. The first-order valence-electron chi connectivity index (χ1n) is 7.43. The van der Waals surface area contributed by atoms with Crippen molar-refractivity contribution in [2.75, 3.05) is 45.9 Å². The Balaban J connectivity index is 1.87. The third-order valence-electron chi connectivity index (χ3n) is 4.42. The standard InChI is InChI=1S/C14H28N2O2/c1-2-15-11-14(5-9-18-10-6-14)12-16-7-3-13(17)4-8-16/h13,15,17H,2-12H2,1H3. The van der Waals surface area contributed by atoms with Crippen LogP contribution in [-0.2, 0) is 4.74 Å². The molecule has 2 heterocycles. The second-order valence-corrected chi connectivity index (χ2v) is 5.90. The molecule has 0 aromatic heterocycles. The zero-order chi connectivity index (χ0) is 12.8. The highest BCUT2D eigenvalue weighted by Crippen LogP contribution is 2.31. The minimum atomic E-state index is -0.0688. The van der Waals surface area contributed by atoms with Gasteiger partial charge in [-0.1, -0.05) is 6.92 Å². The summed E-state index contributed by atoms with van der Waals surface area (Å²) in [6.07, 6.45) is 4.14. The van der Waals surface area contributed by atoms with Crippen molar-refractivity contribution in [1.82, 2.24) is 10.2 Å². The summed E-state index contributed by atoms with van der Waals surface area (Å²) in [5, 5.41) is 13.1. The van der Waals surface area contributed by atoms with Gasteiger partial charge in [0.25, 0.3) is 0 Å². The molecule has 106 valence electrons. The summed E-state index contributed by atoms with van der Waals surface area (Å²) < 4.78 is 5.52. The number of piperidine rings is 1. The van der Waals surface area contributed by atoms with E-state index in [1.54, 1.807) is 0 Å². The van der Waals surface area contributed by atoms with Crippen molar-refractivity contribution in [2.45, 2.75) is 38.7 Å². The summed E-state index contributed by atoms with van der Waals surface area (Å²) in [4.78, 5) is 2.54. The number of hydrogen-bond acceptors (Lipinski definition) is 4. The lowest BCUT2D eigenvalue weighted by Gasteiger charge is -2.42. The molecule has 0 atom stereocenters. The van der Waals surface area contributed by atoms with E-state index in [-0.39, 0.29) is 6.10 Å².